The average molecular weight is 312 g/mol. The lowest BCUT2D eigenvalue weighted by Gasteiger charge is -2.36. The maximum Gasteiger partial charge on any atom is 0.319 e. The molecule has 1 aromatic carbocycles. The second-order valence-corrected chi connectivity index (χ2v) is 5.58. The van der Waals surface area contributed by atoms with Gasteiger partial charge in [-0.15, -0.1) is 0 Å². The van der Waals surface area contributed by atoms with Gasteiger partial charge in [0.25, 0.3) is 5.91 Å². The van der Waals surface area contributed by atoms with E-state index < -0.39 is 6.03 Å². The summed E-state index contributed by atoms with van der Waals surface area (Å²) < 4.78 is 0. The zero-order chi connectivity index (χ0) is 15.4. The summed E-state index contributed by atoms with van der Waals surface area (Å²) >= 11 is 6.20. The van der Waals surface area contributed by atoms with Gasteiger partial charge in [-0.05, 0) is 19.1 Å². The van der Waals surface area contributed by atoms with Crippen LogP contribution in [0.2, 0.25) is 5.02 Å². The predicted octanol–water partition coefficient (Wildman–Crippen LogP) is -0.372. The smallest absolute Gasteiger partial charge is 0.319 e. The van der Waals surface area contributed by atoms with Gasteiger partial charge in [-0.1, -0.05) is 23.7 Å². The molecule has 1 saturated heterocycles. The Bertz CT molecular complexity index is 529. The first-order valence-corrected chi connectivity index (χ1v) is 7.31. The number of hydrogen-bond donors (Lipinski definition) is 3. The maximum absolute atomic E-state index is 11.8. The van der Waals surface area contributed by atoms with Crippen LogP contribution in [0.3, 0.4) is 0 Å². The van der Waals surface area contributed by atoms with Crippen LogP contribution in [0.15, 0.2) is 24.3 Å². The summed E-state index contributed by atoms with van der Waals surface area (Å²) in [6.07, 6.45) is 0. The van der Waals surface area contributed by atoms with Crippen LogP contribution in [0.5, 0.6) is 0 Å². The van der Waals surface area contributed by atoms with E-state index in [-0.39, 0.29) is 11.9 Å². The standard InChI is InChI=1S/C14H19ClN4O2/c1-10(13(20)17-14(16)21)18-6-8-19(9-7-18)12-5-3-2-4-11(12)15/h2-5,10H,6-9H2,1H3,(H3,16,17,20,21)/p+1/t10-/m0/s1. The Morgan fingerprint density at radius 2 is 1.95 bits per heavy atom. The van der Waals surface area contributed by atoms with Gasteiger partial charge in [0, 0.05) is 0 Å². The van der Waals surface area contributed by atoms with Gasteiger partial charge in [-0.2, -0.15) is 0 Å². The summed E-state index contributed by atoms with van der Waals surface area (Å²) in [6.45, 7) is 5.04. The third-order valence-electron chi connectivity index (χ3n) is 3.85. The molecular weight excluding hydrogens is 292 g/mol. The van der Waals surface area contributed by atoms with Crippen LogP contribution in [0.1, 0.15) is 6.92 Å². The Morgan fingerprint density at radius 1 is 1.33 bits per heavy atom. The molecule has 1 heterocycles. The van der Waals surface area contributed by atoms with Gasteiger partial charge in [0.1, 0.15) is 0 Å². The Hall–Kier alpha value is -1.79. The van der Waals surface area contributed by atoms with Crippen LogP contribution in [0.25, 0.3) is 0 Å². The van der Waals surface area contributed by atoms with Crippen molar-refractivity contribution in [1.82, 2.24) is 5.32 Å². The number of carbonyl (C=O) groups excluding carboxylic acids is 2. The van der Waals surface area contributed by atoms with E-state index in [1.807, 2.05) is 24.3 Å². The molecule has 21 heavy (non-hydrogen) atoms. The van der Waals surface area contributed by atoms with Crippen molar-refractivity contribution in [3.05, 3.63) is 29.3 Å². The average Bonchev–Trinajstić information content (AvgIpc) is 2.46. The monoisotopic (exact) mass is 311 g/mol. The number of rotatable bonds is 3. The first-order valence-electron chi connectivity index (χ1n) is 6.93. The minimum Gasteiger partial charge on any atom is -0.359 e. The summed E-state index contributed by atoms with van der Waals surface area (Å²) in [4.78, 5) is 25.9. The molecule has 3 amide bonds. The lowest BCUT2D eigenvalue weighted by molar-refractivity contribution is -0.914. The second kappa shape index (κ2) is 6.78. The Balaban J connectivity index is 1.93. The first-order chi connectivity index (χ1) is 9.99. The summed E-state index contributed by atoms with van der Waals surface area (Å²) in [5.74, 6) is -0.330. The van der Waals surface area contributed by atoms with Crippen molar-refractivity contribution in [3.8, 4) is 0 Å². The molecule has 1 aromatic rings. The van der Waals surface area contributed by atoms with E-state index in [4.69, 9.17) is 17.3 Å². The van der Waals surface area contributed by atoms with E-state index in [1.54, 1.807) is 6.92 Å². The van der Waals surface area contributed by atoms with E-state index in [1.165, 1.54) is 0 Å². The lowest BCUT2D eigenvalue weighted by Crippen LogP contribution is -3.19. The molecule has 6 nitrogen and oxygen atoms in total. The number of quaternary nitrogens is 1. The van der Waals surface area contributed by atoms with Gasteiger partial charge >= 0.3 is 6.03 Å². The molecule has 0 unspecified atom stereocenters. The number of urea groups is 1. The van der Waals surface area contributed by atoms with Crippen molar-refractivity contribution in [2.75, 3.05) is 31.1 Å². The van der Waals surface area contributed by atoms with Gasteiger partial charge in [0.2, 0.25) is 0 Å². The van der Waals surface area contributed by atoms with Crippen molar-refractivity contribution in [3.63, 3.8) is 0 Å². The fraction of sp³-hybridized carbons (Fsp3) is 0.429. The van der Waals surface area contributed by atoms with Crippen LogP contribution in [-0.2, 0) is 4.79 Å². The van der Waals surface area contributed by atoms with Gasteiger partial charge < -0.3 is 15.5 Å². The molecule has 0 aromatic heterocycles. The number of carbonyl (C=O) groups is 2. The fourth-order valence-electron chi connectivity index (χ4n) is 2.59. The molecule has 114 valence electrons. The number of hydrogen-bond acceptors (Lipinski definition) is 3. The zero-order valence-electron chi connectivity index (χ0n) is 11.9. The van der Waals surface area contributed by atoms with Crippen molar-refractivity contribution in [2.24, 2.45) is 5.73 Å². The number of anilines is 1. The molecule has 7 heteroatoms. The van der Waals surface area contributed by atoms with Crippen LogP contribution in [-0.4, -0.2) is 44.2 Å². The summed E-state index contributed by atoms with van der Waals surface area (Å²) in [7, 11) is 0. The molecule has 0 saturated carbocycles. The van der Waals surface area contributed by atoms with Gasteiger partial charge in [-0.25, -0.2) is 4.79 Å². The van der Waals surface area contributed by atoms with Crippen molar-refractivity contribution < 1.29 is 14.5 Å². The molecule has 1 aliphatic rings. The number of nitrogens with one attached hydrogen (secondary N) is 2. The van der Waals surface area contributed by atoms with Crippen LogP contribution in [0.4, 0.5) is 10.5 Å². The van der Waals surface area contributed by atoms with Crippen molar-refractivity contribution >= 4 is 29.2 Å². The lowest BCUT2D eigenvalue weighted by atomic mass is 10.2. The minimum absolute atomic E-state index is 0.300. The largest absolute Gasteiger partial charge is 0.359 e. The van der Waals surface area contributed by atoms with E-state index >= 15 is 0 Å². The highest BCUT2D eigenvalue weighted by Crippen LogP contribution is 2.24. The topological polar surface area (TPSA) is 79.9 Å². The summed E-state index contributed by atoms with van der Waals surface area (Å²) in [6, 6.07) is 6.63. The highest BCUT2D eigenvalue weighted by Gasteiger charge is 2.30. The quantitative estimate of drug-likeness (QED) is 0.712. The third-order valence-corrected chi connectivity index (χ3v) is 4.17. The second-order valence-electron chi connectivity index (χ2n) is 5.17. The maximum atomic E-state index is 11.8. The number of halogens is 1. The number of benzene rings is 1. The van der Waals surface area contributed by atoms with Gasteiger partial charge in [0.05, 0.1) is 36.9 Å². The van der Waals surface area contributed by atoms with Gasteiger partial charge in [-0.3, -0.25) is 10.1 Å². The number of piperazine rings is 1. The number of imide groups is 1. The minimum atomic E-state index is -0.805. The molecule has 0 radical (unpaired) electrons. The van der Waals surface area contributed by atoms with Gasteiger partial charge in [0.15, 0.2) is 6.04 Å². The zero-order valence-corrected chi connectivity index (χ0v) is 12.7. The highest BCUT2D eigenvalue weighted by molar-refractivity contribution is 6.33. The molecule has 4 N–H and O–H groups in total. The Labute approximate surface area is 128 Å². The number of primary amides is 1. The Kier molecular flexibility index (Phi) is 5.03. The van der Waals surface area contributed by atoms with E-state index in [2.05, 4.69) is 10.2 Å². The van der Waals surface area contributed by atoms with E-state index in [0.717, 1.165) is 41.8 Å². The molecule has 0 aliphatic carbocycles. The molecule has 1 fully saturated rings. The van der Waals surface area contributed by atoms with E-state index in [0.29, 0.717) is 0 Å². The molecular formula is C14H20ClN4O2+. The van der Waals surface area contributed by atoms with Crippen LogP contribution < -0.4 is 20.9 Å². The van der Waals surface area contributed by atoms with Crippen LogP contribution in [0, 0.1) is 0 Å². The molecule has 1 atom stereocenters. The third kappa shape index (κ3) is 3.86. The number of nitrogens with two attached hydrogens (primary N) is 1. The summed E-state index contributed by atoms with van der Waals surface area (Å²) in [5.41, 5.74) is 5.99. The van der Waals surface area contributed by atoms with Crippen molar-refractivity contribution in [1.29, 1.82) is 0 Å². The predicted molar refractivity (Wildman–Crippen MR) is 81.5 cm³/mol. The number of amides is 3. The van der Waals surface area contributed by atoms with E-state index in [9.17, 15) is 9.59 Å². The Morgan fingerprint density at radius 3 is 2.52 bits per heavy atom. The fourth-order valence-corrected chi connectivity index (χ4v) is 2.85. The number of para-hydroxylation sites is 1. The van der Waals surface area contributed by atoms with Crippen LogP contribution >= 0.6 is 11.6 Å². The molecule has 1 aliphatic heterocycles. The first kappa shape index (κ1) is 15.6. The van der Waals surface area contributed by atoms with Crippen molar-refractivity contribution in [2.45, 2.75) is 13.0 Å². The SMILES string of the molecule is C[C@@H](C(=O)NC(N)=O)[NH+]1CCN(c2ccccc2Cl)CC1. The summed E-state index contributed by atoms with van der Waals surface area (Å²) in [5, 5.41) is 2.87. The molecule has 0 bridgehead atoms. The normalized spacial score (nSPS) is 17.3. The highest BCUT2D eigenvalue weighted by atomic mass is 35.5. The molecule has 2 rings (SSSR count). The number of nitrogens with zero attached hydrogens (tertiary/aromatic N) is 1. The molecule has 0 spiro atoms.